The normalized spacial score (nSPS) is 11.3. The standard InChI is InChI=1S/C20H19N5O3/c1-11-13-7-5-6-8-14(13)23-15(22-11)9-24(3)19(26)16-12(2)28-18-17(16)20(27)25(4)10-21-18/h5-8,10H,9H2,1-4H3. The molecular weight excluding hydrogens is 358 g/mol. The first-order valence-corrected chi connectivity index (χ1v) is 8.79. The molecule has 0 unspecified atom stereocenters. The molecule has 0 aliphatic rings. The molecule has 0 aliphatic carbocycles. The van der Waals surface area contributed by atoms with E-state index in [1.807, 2.05) is 31.2 Å². The van der Waals surface area contributed by atoms with E-state index in [1.54, 1.807) is 21.0 Å². The van der Waals surface area contributed by atoms with Crippen LogP contribution in [0.3, 0.4) is 0 Å². The number of fused-ring (bicyclic) bond motifs is 2. The van der Waals surface area contributed by atoms with Crippen molar-refractivity contribution in [1.29, 1.82) is 0 Å². The second-order valence-corrected chi connectivity index (χ2v) is 6.78. The van der Waals surface area contributed by atoms with E-state index in [1.165, 1.54) is 15.8 Å². The SMILES string of the molecule is Cc1oc2ncn(C)c(=O)c2c1C(=O)N(C)Cc1nc(C)c2ccccc2n1. The lowest BCUT2D eigenvalue weighted by molar-refractivity contribution is 0.0781. The molecule has 0 radical (unpaired) electrons. The summed E-state index contributed by atoms with van der Waals surface area (Å²) in [6.45, 7) is 3.77. The van der Waals surface area contributed by atoms with Gasteiger partial charge in [0.2, 0.25) is 5.71 Å². The summed E-state index contributed by atoms with van der Waals surface area (Å²) in [6.07, 6.45) is 1.37. The molecule has 142 valence electrons. The first-order chi connectivity index (χ1) is 13.4. The minimum Gasteiger partial charge on any atom is -0.442 e. The van der Waals surface area contributed by atoms with Crippen LogP contribution in [-0.4, -0.2) is 37.4 Å². The Labute approximate surface area is 160 Å². The molecule has 8 nitrogen and oxygen atoms in total. The van der Waals surface area contributed by atoms with Crippen molar-refractivity contribution in [3.8, 4) is 0 Å². The number of rotatable bonds is 3. The smallest absolute Gasteiger partial charge is 0.265 e. The van der Waals surface area contributed by atoms with Crippen LogP contribution in [0.5, 0.6) is 0 Å². The van der Waals surface area contributed by atoms with Gasteiger partial charge in [0.05, 0.1) is 17.6 Å². The van der Waals surface area contributed by atoms with Crippen molar-refractivity contribution in [3.05, 3.63) is 63.8 Å². The quantitative estimate of drug-likeness (QED) is 0.544. The first-order valence-electron chi connectivity index (χ1n) is 8.79. The zero-order chi connectivity index (χ0) is 20.0. The van der Waals surface area contributed by atoms with Crippen molar-refractivity contribution in [3.63, 3.8) is 0 Å². The maximum atomic E-state index is 13.1. The summed E-state index contributed by atoms with van der Waals surface area (Å²) in [5.74, 6) is 0.553. The summed E-state index contributed by atoms with van der Waals surface area (Å²) in [7, 11) is 3.23. The van der Waals surface area contributed by atoms with Crippen LogP contribution in [0.15, 0.2) is 39.8 Å². The molecule has 0 saturated heterocycles. The summed E-state index contributed by atoms with van der Waals surface area (Å²) in [6, 6.07) is 7.73. The monoisotopic (exact) mass is 377 g/mol. The van der Waals surface area contributed by atoms with Crippen molar-refractivity contribution in [2.75, 3.05) is 7.05 Å². The fourth-order valence-corrected chi connectivity index (χ4v) is 3.29. The number of aryl methyl sites for hydroxylation is 3. The Morgan fingerprint density at radius 3 is 2.75 bits per heavy atom. The second-order valence-electron chi connectivity index (χ2n) is 6.78. The second kappa shape index (κ2) is 6.56. The van der Waals surface area contributed by atoms with Crippen molar-refractivity contribution < 1.29 is 9.21 Å². The van der Waals surface area contributed by atoms with E-state index >= 15 is 0 Å². The highest BCUT2D eigenvalue weighted by Crippen LogP contribution is 2.23. The zero-order valence-corrected chi connectivity index (χ0v) is 16.1. The summed E-state index contributed by atoms with van der Waals surface area (Å²) >= 11 is 0. The van der Waals surface area contributed by atoms with E-state index in [4.69, 9.17) is 4.42 Å². The van der Waals surface area contributed by atoms with Gasteiger partial charge in [-0.3, -0.25) is 9.59 Å². The maximum absolute atomic E-state index is 13.1. The van der Waals surface area contributed by atoms with Crippen LogP contribution in [0, 0.1) is 13.8 Å². The van der Waals surface area contributed by atoms with Crippen molar-refractivity contribution in [2.24, 2.45) is 7.05 Å². The number of hydrogen-bond donors (Lipinski definition) is 0. The molecule has 1 aromatic carbocycles. The minimum atomic E-state index is -0.337. The van der Waals surface area contributed by atoms with Crippen LogP contribution in [0.4, 0.5) is 0 Å². The predicted molar refractivity (Wildman–Crippen MR) is 104 cm³/mol. The van der Waals surface area contributed by atoms with Crippen LogP contribution in [-0.2, 0) is 13.6 Å². The van der Waals surface area contributed by atoms with Crippen LogP contribution < -0.4 is 5.56 Å². The molecule has 0 spiro atoms. The Morgan fingerprint density at radius 1 is 1.21 bits per heavy atom. The third-order valence-electron chi connectivity index (χ3n) is 4.73. The lowest BCUT2D eigenvalue weighted by atomic mass is 10.1. The number of amides is 1. The highest BCUT2D eigenvalue weighted by atomic mass is 16.3. The molecule has 4 rings (SSSR count). The summed E-state index contributed by atoms with van der Waals surface area (Å²) in [5, 5.41) is 1.17. The molecule has 4 aromatic rings. The van der Waals surface area contributed by atoms with E-state index in [0.29, 0.717) is 11.6 Å². The summed E-state index contributed by atoms with van der Waals surface area (Å²) in [4.78, 5) is 40.2. The van der Waals surface area contributed by atoms with E-state index in [9.17, 15) is 9.59 Å². The van der Waals surface area contributed by atoms with Gasteiger partial charge in [-0.1, -0.05) is 18.2 Å². The number of hydrogen-bond acceptors (Lipinski definition) is 6. The van der Waals surface area contributed by atoms with Crippen molar-refractivity contribution >= 4 is 27.9 Å². The van der Waals surface area contributed by atoms with Crippen LogP contribution >= 0.6 is 0 Å². The Balaban J connectivity index is 1.72. The Morgan fingerprint density at radius 2 is 1.96 bits per heavy atom. The molecule has 0 saturated carbocycles. The molecule has 0 bridgehead atoms. The van der Waals surface area contributed by atoms with Gasteiger partial charge >= 0.3 is 0 Å². The fourth-order valence-electron chi connectivity index (χ4n) is 3.29. The molecule has 3 heterocycles. The van der Waals surface area contributed by atoms with E-state index in [0.717, 1.165) is 16.6 Å². The Kier molecular flexibility index (Phi) is 4.18. The van der Waals surface area contributed by atoms with Gasteiger partial charge in [0, 0.05) is 25.2 Å². The third kappa shape index (κ3) is 2.83. The molecule has 0 fully saturated rings. The van der Waals surface area contributed by atoms with Crippen LogP contribution in [0.1, 0.15) is 27.6 Å². The van der Waals surface area contributed by atoms with Crippen molar-refractivity contribution in [1.82, 2.24) is 24.4 Å². The molecule has 0 N–H and O–H groups in total. The Bertz CT molecular complexity index is 1290. The molecule has 0 aliphatic heterocycles. The highest BCUT2D eigenvalue weighted by Gasteiger charge is 2.25. The number of aromatic nitrogens is 4. The zero-order valence-electron chi connectivity index (χ0n) is 16.1. The number of carbonyl (C=O) groups excluding carboxylic acids is 1. The summed E-state index contributed by atoms with van der Waals surface area (Å²) in [5.41, 5.74) is 1.74. The first kappa shape index (κ1) is 17.8. The van der Waals surface area contributed by atoms with Gasteiger partial charge < -0.3 is 13.9 Å². The minimum absolute atomic E-state index is 0.162. The maximum Gasteiger partial charge on any atom is 0.265 e. The number of furan rings is 1. The fraction of sp³-hybridized carbons (Fsp3) is 0.250. The van der Waals surface area contributed by atoms with Gasteiger partial charge in [-0.25, -0.2) is 15.0 Å². The van der Waals surface area contributed by atoms with E-state index in [2.05, 4.69) is 15.0 Å². The molecule has 8 heteroatoms. The molecule has 0 atom stereocenters. The largest absolute Gasteiger partial charge is 0.442 e. The number of nitrogens with zero attached hydrogens (tertiary/aromatic N) is 5. The number of carbonyl (C=O) groups is 1. The third-order valence-corrected chi connectivity index (χ3v) is 4.73. The number of para-hydroxylation sites is 1. The van der Waals surface area contributed by atoms with Gasteiger partial charge in [-0.15, -0.1) is 0 Å². The topological polar surface area (TPSA) is 94.1 Å². The highest BCUT2D eigenvalue weighted by molar-refractivity contribution is 6.06. The summed E-state index contributed by atoms with van der Waals surface area (Å²) < 4.78 is 6.85. The molecule has 3 aromatic heterocycles. The van der Waals surface area contributed by atoms with Gasteiger partial charge in [-0.05, 0) is 19.9 Å². The van der Waals surface area contributed by atoms with Gasteiger partial charge in [0.25, 0.3) is 11.5 Å². The lowest BCUT2D eigenvalue weighted by Crippen LogP contribution is -2.29. The predicted octanol–water partition coefficient (Wildman–Crippen LogP) is 2.36. The van der Waals surface area contributed by atoms with Crippen LogP contribution in [0.25, 0.3) is 22.0 Å². The Hall–Kier alpha value is -3.55. The van der Waals surface area contributed by atoms with Gasteiger partial charge in [0.1, 0.15) is 23.3 Å². The lowest BCUT2D eigenvalue weighted by Gasteiger charge is -2.16. The average molecular weight is 377 g/mol. The molecule has 1 amide bonds. The van der Waals surface area contributed by atoms with E-state index < -0.39 is 0 Å². The number of benzene rings is 1. The average Bonchev–Trinajstić information content (AvgIpc) is 3.01. The van der Waals surface area contributed by atoms with Gasteiger partial charge in [0.15, 0.2) is 0 Å². The van der Waals surface area contributed by atoms with Crippen LogP contribution in [0.2, 0.25) is 0 Å². The molecule has 28 heavy (non-hydrogen) atoms. The van der Waals surface area contributed by atoms with E-state index in [-0.39, 0.29) is 34.7 Å². The molecular formula is C20H19N5O3. The van der Waals surface area contributed by atoms with Gasteiger partial charge in [-0.2, -0.15) is 0 Å². The van der Waals surface area contributed by atoms with Crippen molar-refractivity contribution in [2.45, 2.75) is 20.4 Å².